The van der Waals surface area contributed by atoms with Gasteiger partial charge in [-0.3, -0.25) is 4.79 Å². The Morgan fingerprint density at radius 3 is 2.73 bits per heavy atom. The average molecular weight is 391 g/mol. The molecule has 0 saturated heterocycles. The maximum atomic E-state index is 12.2. The molecule has 0 radical (unpaired) electrons. The number of hydrogen-bond donors (Lipinski definition) is 1. The van der Waals surface area contributed by atoms with Crippen LogP contribution in [0.1, 0.15) is 10.9 Å². The van der Waals surface area contributed by atoms with Crippen molar-refractivity contribution < 1.29 is 4.79 Å². The first-order chi connectivity index (χ1) is 12.5. The predicted octanol–water partition coefficient (Wildman–Crippen LogP) is 2.47. The van der Waals surface area contributed by atoms with E-state index >= 15 is 0 Å². The summed E-state index contributed by atoms with van der Waals surface area (Å²) in [6.07, 6.45) is 0. The molecular weight excluding hydrogens is 372 g/mol. The first kappa shape index (κ1) is 18.5. The fourth-order valence-electron chi connectivity index (χ4n) is 2.44. The Bertz CT molecular complexity index is 847. The van der Waals surface area contributed by atoms with Crippen molar-refractivity contribution in [1.29, 1.82) is 0 Å². The van der Waals surface area contributed by atoms with Crippen LogP contribution in [0.5, 0.6) is 0 Å². The van der Waals surface area contributed by atoms with E-state index < -0.39 is 0 Å². The molecule has 3 aromatic rings. The Hall–Kier alpha value is -2.29. The van der Waals surface area contributed by atoms with E-state index in [1.54, 1.807) is 23.5 Å². The summed E-state index contributed by atoms with van der Waals surface area (Å²) in [5, 5.41) is 17.8. The fraction of sp³-hybridized carbons (Fsp3) is 0.294. The molecule has 2 aromatic heterocycles. The van der Waals surface area contributed by atoms with Crippen LogP contribution in [0.15, 0.2) is 41.8 Å². The molecule has 9 heteroatoms. The summed E-state index contributed by atoms with van der Waals surface area (Å²) in [7, 11) is 3.99. The SMILES string of the molecule is CN(C)[C@@H](CNC(=O)Cn1nnc(-c2ccc(Cl)cc2)n1)c1cccs1. The molecule has 0 bridgehead atoms. The standard InChI is InChI=1S/C17H19ClN6OS/c1-23(2)14(15-4-3-9-26-15)10-19-16(25)11-24-21-17(20-22-24)12-5-7-13(18)8-6-12/h3-9,14H,10-11H2,1-2H3,(H,19,25)/t14-/m0/s1. The van der Waals surface area contributed by atoms with Gasteiger partial charge in [-0.15, -0.1) is 21.5 Å². The van der Waals surface area contributed by atoms with Crippen LogP contribution in [-0.2, 0) is 11.3 Å². The third-order valence-electron chi connectivity index (χ3n) is 3.83. The van der Waals surface area contributed by atoms with Crippen LogP contribution in [-0.4, -0.2) is 51.7 Å². The minimum absolute atomic E-state index is 0.0190. The highest BCUT2D eigenvalue weighted by molar-refractivity contribution is 7.10. The largest absolute Gasteiger partial charge is 0.352 e. The number of tetrazole rings is 1. The van der Waals surface area contributed by atoms with Crippen LogP contribution in [0.3, 0.4) is 0 Å². The maximum Gasteiger partial charge on any atom is 0.243 e. The minimum atomic E-state index is -0.159. The summed E-state index contributed by atoms with van der Waals surface area (Å²) < 4.78 is 0. The number of nitrogens with one attached hydrogen (secondary N) is 1. The zero-order valence-corrected chi connectivity index (χ0v) is 16.0. The van der Waals surface area contributed by atoms with Crippen LogP contribution in [0.2, 0.25) is 5.02 Å². The molecule has 0 spiro atoms. The molecule has 0 aliphatic carbocycles. The van der Waals surface area contributed by atoms with Gasteiger partial charge in [-0.25, -0.2) is 0 Å². The van der Waals surface area contributed by atoms with E-state index in [0.717, 1.165) is 5.56 Å². The average Bonchev–Trinajstić information content (AvgIpc) is 3.28. The Morgan fingerprint density at radius 2 is 2.08 bits per heavy atom. The number of nitrogens with zero attached hydrogens (tertiary/aromatic N) is 5. The molecule has 7 nitrogen and oxygen atoms in total. The molecule has 1 amide bonds. The summed E-state index contributed by atoms with van der Waals surface area (Å²) in [4.78, 5) is 16.8. The van der Waals surface area contributed by atoms with Gasteiger partial charge in [0, 0.05) is 22.0 Å². The van der Waals surface area contributed by atoms with Gasteiger partial charge < -0.3 is 10.2 Å². The van der Waals surface area contributed by atoms with Crippen molar-refractivity contribution in [2.45, 2.75) is 12.6 Å². The molecule has 1 N–H and O–H groups in total. The molecule has 0 saturated carbocycles. The van der Waals surface area contributed by atoms with Gasteiger partial charge in [0.2, 0.25) is 11.7 Å². The molecule has 136 valence electrons. The Kier molecular flexibility index (Phi) is 5.97. The van der Waals surface area contributed by atoms with Crippen LogP contribution in [0, 0.1) is 0 Å². The van der Waals surface area contributed by atoms with Crippen molar-refractivity contribution in [3.05, 3.63) is 51.7 Å². The van der Waals surface area contributed by atoms with Gasteiger partial charge in [0.15, 0.2) is 0 Å². The van der Waals surface area contributed by atoms with E-state index in [-0.39, 0.29) is 18.5 Å². The summed E-state index contributed by atoms with van der Waals surface area (Å²) in [6, 6.07) is 11.4. The fourth-order valence-corrected chi connectivity index (χ4v) is 3.49. The lowest BCUT2D eigenvalue weighted by Crippen LogP contribution is -2.36. The van der Waals surface area contributed by atoms with Gasteiger partial charge >= 0.3 is 0 Å². The van der Waals surface area contributed by atoms with E-state index in [2.05, 4.69) is 31.7 Å². The van der Waals surface area contributed by atoms with Gasteiger partial charge in [-0.05, 0) is 55.0 Å². The molecule has 1 aromatic carbocycles. The van der Waals surface area contributed by atoms with Gasteiger partial charge in [0.1, 0.15) is 6.54 Å². The smallest absolute Gasteiger partial charge is 0.243 e. The summed E-state index contributed by atoms with van der Waals surface area (Å²) in [5.74, 6) is 0.299. The number of carbonyl (C=O) groups excluding carboxylic acids is 1. The molecule has 2 heterocycles. The molecule has 0 aliphatic rings. The lowest BCUT2D eigenvalue weighted by Gasteiger charge is -2.23. The van der Waals surface area contributed by atoms with E-state index in [0.29, 0.717) is 17.4 Å². The molecule has 0 unspecified atom stereocenters. The van der Waals surface area contributed by atoms with Gasteiger partial charge in [0.25, 0.3) is 0 Å². The lowest BCUT2D eigenvalue weighted by molar-refractivity contribution is -0.122. The second-order valence-corrected chi connectivity index (χ2v) is 7.36. The Morgan fingerprint density at radius 1 is 1.31 bits per heavy atom. The highest BCUT2D eigenvalue weighted by atomic mass is 35.5. The number of rotatable bonds is 7. The lowest BCUT2D eigenvalue weighted by atomic mass is 10.2. The number of likely N-dealkylation sites (N-methyl/N-ethyl adjacent to an activating group) is 1. The van der Waals surface area contributed by atoms with Gasteiger partial charge in [0.05, 0.1) is 6.04 Å². The number of aromatic nitrogens is 4. The second kappa shape index (κ2) is 8.39. The van der Waals surface area contributed by atoms with Gasteiger partial charge in [-0.2, -0.15) is 4.80 Å². The molecule has 0 aliphatic heterocycles. The number of thiophene rings is 1. The van der Waals surface area contributed by atoms with Crippen molar-refractivity contribution in [2.75, 3.05) is 20.6 Å². The number of amides is 1. The summed E-state index contributed by atoms with van der Waals surface area (Å²) in [6.45, 7) is 0.538. The van der Waals surface area contributed by atoms with Crippen molar-refractivity contribution >= 4 is 28.8 Å². The van der Waals surface area contributed by atoms with Crippen LogP contribution < -0.4 is 5.32 Å². The monoisotopic (exact) mass is 390 g/mol. The van der Waals surface area contributed by atoms with E-state index in [1.165, 1.54) is 9.67 Å². The second-order valence-electron chi connectivity index (χ2n) is 5.95. The Balaban J connectivity index is 1.57. The maximum absolute atomic E-state index is 12.2. The van der Waals surface area contributed by atoms with E-state index in [4.69, 9.17) is 11.6 Å². The highest BCUT2D eigenvalue weighted by Gasteiger charge is 2.17. The number of halogens is 1. The van der Waals surface area contributed by atoms with Crippen LogP contribution in [0.25, 0.3) is 11.4 Å². The summed E-state index contributed by atoms with van der Waals surface area (Å²) >= 11 is 7.55. The molecular formula is C17H19ClN6OS. The Labute approximate surface area is 160 Å². The topological polar surface area (TPSA) is 75.9 Å². The number of hydrogen-bond acceptors (Lipinski definition) is 6. The van der Waals surface area contributed by atoms with Crippen molar-refractivity contribution in [3.63, 3.8) is 0 Å². The van der Waals surface area contributed by atoms with Crippen LogP contribution in [0.4, 0.5) is 0 Å². The number of benzene rings is 1. The first-order valence-corrected chi connectivity index (χ1v) is 9.29. The van der Waals surface area contributed by atoms with E-state index in [1.807, 2.05) is 37.7 Å². The predicted molar refractivity (Wildman–Crippen MR) is 102 cm³/mol. The third kappa shape index (κ3) is 4.66. The highest BCUT2D eigenvalue weighted by Crippen LogP contribution is 2.22. The zero-order chi connectivity index (χ0) is 18.5. The zero-order valence-electron chi connectivity index (χ0n) is 14.5. The van der Waals surface area contributed by atoms with Crippen molar-refractivity contribution in [1.82, 2.24) is 30.4 Å². The third-order valence-corrected chi connectivity index (χ3v) is 5.05. The molecule has 26 heavy (non-hydrogen) atoms. The molecule has 1 atom stereocenters. The first-order valence-electron chi connectivity index (χ1n) is 8.03. The number of carbonyl (C=O) groups is 1. The van der Waals surface area contributed by atoms with Gasteiger partial charge in [-0.1, -0.05) is 17.7 Å². The summed E-state index contributed by atoms with van der Waals surface area (Å²) in [5.41, 5.74) is 0.798. The van der Waals surface area contributed by atoms with Crippen molar-refractivity contribution in [3.8, 4) is 11.4 Å². The molecule has 3 rings (SSSR count). The van der Waals surface area contributed by atoms with E-state index in [9.17, 15) is 4.79 Å². The van der Waals surface area contributed by atoms with Crippen LogP contribution >= 0.6 is 22.9 Å². The molecule has 0 fully saturated rings. The minimum Gasteiger partial charge on any atom is -0.352 e. The van der Waals surface area contributed by atoms with Crippen molar-refractivity contribution in [2.24, 2.45) is 0 Å². The quantitative estimate of drug-likeness (QED) is 0.670. The normalized spacial score (nSPS) is 12.3.